The molecule has 0 saturated carbocycles. The summed E-state index contributed by atoms with van der Waals surface area (Å²) in [5.41, 5.74) is 2.19. The molecule has 1 fully saturated rings. The first-order valence-corrected chi connectivity index (χ1v) is 8.53. The monoisotopic (exact) mass is 331 g/mol. The molecule has 3 rings (SSSR count). The van der Waals surface area contributed by atoms with Crippen molar-refractivity contribution in [2.24, 2.45) is 0 Å². The first-order valence-electron chi connectivity index (χ1n) is 8.53. The number of carbonyl (C=O) groups is 1. The minimum Gasteiger partial charge on any atom is -0.489 e. The van der Waals surface area contributed by atoms with E-state index >= 15 is 0 Å². The number of amides is 1. The Morgan fingerprint density at radius 3 is 3.25 bits per heavy atom. The third-order valence-corrected chi connectivity index (χ3v) is 4.25. The number of nitrogens with one attached hydrogen (secondary N) is 1. The molecule has 1 aromatic rings. The molecule has 1 atom stereocenters. The Morgan fingerprint density at radius 2 is 2.46 bits per heavy atom. The number of aromatic nitrogens is 1. The summed E-state index contributed by atoms with van der Waals surface area (Å²) in [4.78, 5) is 17.7. The summed E-state index contributed by atoms with van der Waals surface area (Å²) in [6.45, 7) is 6.49. The van der Waals surface area contributed by atoms with Crippen LogP contribution in [0.2, 0.25) is 0 Å². The van der Waals surface area contributed by atoms with Crippen LogP contribution in [0, 0.1) is 0 Å². The van der Waals surface area contributed by atoms with Crippen LogP contribution in [-0.2, 0) is 16.1 Å². The van der Waals surface area contributed by atoms with Crippen LogP contribution in [-0.4, -0.2) is 54.7 Å². The van der Waals surface area contributed by atoms with Crippen LogP contribution in [0.3, 0.4) is 0 Å². The molecule has 0 aromatic carbocycles. The second-order valence-corrected chi connectivity index (χ2v) is 6.36. The molecule has 2 aliphatic heterocycles. The smallest absolute Gasteiger partial charge is 0.217 e. The molecular weight excluding hydrogens is 306 g/mol. The Labute approximate surface area is 142 Å². The van der Waals surface area contributed by atoms with Gasteiger partial charge in [-0.05, 0) is 24.5 Å². The number of pyridine rings is 1. The molecule has 3 heterocycles. The lowest BCUT2D eigenvalue weighted by Crippen LogP contribution is -2.28. The van der Waals surface area contributed by atoms with E-state index < -0.39 is 0 Å². The molecule has 130 valence electrons. The highest BCUT2D eigenvalue weighted by Gasteiger charge is 2.24. The van der Waals surface area contributed by atoms with E-state index in [1.807, 2.05) is 12.1 Å². The molecule has 1 unspecified atom stereocenters. The first-order chi connectivity index (χ1) is 11.7. The standard InChI is InChI=1S/C18H25N3O3/c1-14(22)20-10-16-9-17(4-6-19-16)24-18-5-7-21(12-18)11-15-3-2-8-23-13-15/h3-4,6,9,18H,2,5,7-8,10-13H2,1H3,(H,20,22). The maximum Gasteiger partial charge on any atom is 0.217 e. The highest BCUT2D eigenvalue weighted by Crippen LogP contribution is 2.20. The first kappa shape index (κ1) is 16.9. The summed E-state index contributed by atoms with van der Waals surface area (Å²) in [6.07, 6.45) is 6.28. The van der Waals surface area contributed by atoms with Crippen LogP contribution >= 0.6 is 0 Å². The fraction of sp³-hybridized carbons (Fsp3) is 0.556. The van der Waals surface area contributed by atoms with Crippen molar-refractivity contribution in [3.05, 3.63) is 35.7 Å². The third kappa shape index (κ3) is 5.04. The average molecular weight is 331 g/mol. The lowest BCUT2D eigenvalue weighted by molar-refractivity contribution is -0.119. The largest absolute Gasteiger partial charge is 0.489 e. The van der Waals surface area contributed by atoms with Gasteiger partial charge in [0, 0.05) is 38.8 Å². The van der Waals surface area contributed by atoms with Gasteiger partial charge in [-0.25, -0.2) is 0 Å². The van der Waals surface area contributed by atoms with Crippen molar-refractivity contribution in [1.82, 2.24) is 15.2 Å². The van der Waals surface area contributed by atoms with Crippen molar-refractivity contribution < 1.29 is 14.3 Å². The van der Waals surface area contributed by atoms with Gasteiger partial charge < -0.3 is 14.8 Å². The molecule has 6 heteroatoms. The Hall–Kier alpha value is -1.92. The topological polar surface area (TPSA) is 63.7 Å². The summed E-state index contributed by atoms with van der Waals surface area (Å²) in [5.74, 6) is 0.757. The summed E-state index contributed by atoms with van der Waals surface area (Å²) in [5, 5.41) is 2.75. The molecule has 1 amide bonds. The second kappa shape index (κ2) is 8.26. The van der Waals surface area contributed by atoms with Crippen LogP contribution in [0.1, 0.15) is 25.5 Å². The van der Waals surface area contributed by atoms with Gasteiger partial charge in [0.2, 0.25) is 5.91 Å². The predicted molar refractivity (Wildman–Crippen MR) is 90.7 cm³/mol. The number of nitrogens with zero attached hydrogens (tertiary/aromatic N) is 2. The molecule has 6 nitrogen and oxygen atoms in total. The van der Waals surface area contributed by atoms with Gasteiger partial charge in [0.1, 0.15) is 11.9 Å². The lowest BCUT2D eigenvalue weighted by atomic mass is 10.2. The van der Waals surface area contributed by atoms with E-state index in [4.69, 9.17) is 9.47 Å². The zero-order valence-corrected chi connectivity index (χ0v) is 14.2. The average Bonchev–Trinajstić information content (AvgIpc) is 3.01. The number of likely N-dealkylation sites (tertiary alicyclic amines) is 1. The quantitative estimate of drug-likeness (QED) is 0.801. The van der Waals surface area contributed by atoms with Crippen LogP contribution in [0.15, 0.2) is 30.0 Å². The van der Waals surface area contributed by atoms with Gasteiger partial charge in [-0.1, -0.05) is 6.08 Å². The number of carbonyl (C=O) groups excluding carboxylic acids is 1. The lowest BCUT2D eigenvalue weighted by Gasteiger charge is -2.21. The second-order valence-electron chi connectivity index (χ2n) is 6.36. The SMILES string of the molecule is CC(=O)NCc1cc(OC2CCN(CC3=CCCOC3)C2)ccn1. The van der Waals surface area contributed by atoms with Gasteiger partial charge in [0.15, 0.2) is 0 Å². The predicted octanol–water partition coefficient (Wildman–Crippen LogP) is 1.52. The van der Waals surface area contributed by atoms with Crippen molar-refractivity contribution in [3.8, 4) is 5.75 Å². The molecule has 0 spiro atoms. The maximum absolute atomic E-state index is 11.0. The van der Waals surface area contributed by atoms with E-state index in [-0.39, 0.29) is 12.0 Å². The van der Waals surface area contributed by atoms with Crippen LogP contribution < -0.4 is 10.1 Å². The normalized spacial score (nSPS) is 21.4. The zero-order chi connectivity index (χ0) is 16.8. The van der Waals surface area contributed by atoms with Gasteiger partial charge in [0.25, 0.3) is 0 Å². The van der Waals surface area contributed by atoms with E-state index in [1.165, 1.54) is 12.5 Å². The molecule has 1 aromatic heterocycles. The van der Waals surface area contributed by atoms with E-state index in [1.54, 1.807) is 6.20 Å². The van der Waals surface area contributed by atoms with Crippen molar-refractivity contribution >= 4 is 5.91 Å². The minimum atomic E-state index is -0.0597. The van der Waals surface area contributed by atoms with Crippen molar-refractivity contribution in [3.63, 3.8) is 0 Å². The minimum absolute atomic E-state index is 0.0597. The van der Waals surface area contributed by atoms with E-state index in [9.17, 15) is 4.79 Å². The van der Waals surface area contributed by atoms with E-state index in [0.717, 1.165) is 57.1 Å². The summed E-state index contributed by atoms with van der Waals surface area (Å²) >= 11 is 0. The van der Waals surface area contributed by atoms with Crippen molar-refractivity contribution in [2.75, 3.05) is 32.8 Å². The summed E-state index contributed by atoms with van der Waals surface area (Å²) in [7, 11) is 0. The molecule has 0 aliphatic carbocycles. The molecule has 0 bridgehead atoms. The van der Waals surface area contributed by atoms with Crippen LogP contribution in [0.4, 0.5) is 0 Å². The van der Waals surface area contributed by atoms with Gasteiger partial charge in [-0.2, -0.15) is 0 Å². The third-order valence-electron chi connectivity index (χ3n) is 4.25. The Balaban J connectivity index is 1.49. The van der Waals surface area contributed by atoms with Crippen molar-refractivity contribution in [2.45, 2.75) is 32.4 Å². The zero-order valence-electron chi connectivity index (χ0n) is 14.2. The number of hydrogen-bond donors (Lipinski definition) is 1. The van der Waals surface area contributed by atoms with Crippen LogP contribution in [0.25, 0.3) is 0 Å². The summed E-state index contributed by atoms with van der Waals surface area (Å²) < 4.78 is 11.6. The Morgan fingerprint density at radius 1 is 1.54 bits per heavy atom. The Kier molecular flexibility index (Phi) is 5.82. The van der Waals surface area contributed by atoms with Gasteiger partial charge in [-0.3, -0.25) is 14.7 Å². The highest BCUT2D eigenvalue weighted by atomic mass is 16.5. The molecule has 0 radical (unpaired) electrons. The van der Waals surface area contributed by atoms with Crippen molar-refractivity contribution in [1.29, 1.82) is 0 Å². The van der Waals surface area contributed by atoms with Crippen LogP contribution in [0.5, 0.6) is 5.75 Å². The number of ether oxygens (including phenoxy) is 2. The van der Waals surface area contributed by atoms with E-state index in [2.05, 4.69) is 21.3 Å². The highest BCUT2D eigenvalue weighted by molar-refractivity contribution is 5.72. The molecular formula is C18H25N3O3. The summed E-state index contributed by atoms with van der Waals surface area (Å²) in [6, 6.07) is 3.77. The van der Waals surface area contributed by atoms with E-state index in [0.29, 0.717) is 6.54 Å². The maximum atomic E-state index is 11.0. The fourth-order valence-electron chi connectivity index (χ4n) is 3.08. The van der Waals surface area contributed by atoms with Gasteiger partial charge >= 0.3 is 0 Å². The molecule has 1 saturated heterocycles. The molecule has 24 heavy (non-hydrogen) atoms. The van der Waals surface area contributed by atoms with Gasteiger partial charge in [-0.15, -0.1) is 0 Å². The number of rotatable bonds is 6. The van der Waals surface area contributed by atoms with Gasteiger partial charge in [0.05, 0.1) is 25.5 Å². The number of hydrogen-bond acceptors (Lipinski definition) is 5. The molecule has 2 aliphatic rings. The Bertz CT molecular complexity index is 603. The molecule has 1 N–H and O–H groups in total. The fourth-order valence-corrected chi connectivity index (χ4v) is 3.08.